The van der Waals surface area contributed by atoms with E-state index < -0.39 is 6.61 Å². The van der Waals surface area contributed by atoms with Crippen LogP contribution in [0.1, 0.15) is 41.6 Å². The second-order valence-corrected chi connectivity index (χ2v) is 8.63. The minimum absolute atomic E-state index is 0. The number of fused-ring (bicyclic) bond motifs is 1. The zero-order chi connectivity index (χ0) is 26.2. The van der Waals surface area contributed by atoms with Crippen LogP contribution in [0.4, 0.5) is 20.3 Å². The number of imidazole rings is 1. The van der Waals surface area contributed by atoms with E-state index in [0.29, 0.717) is 30.1 Å². The number of alkyl halides is 2. The number of aryl methyl sites for hydroxylation is 1. The van der Waals surface area contributed by atoms with Crippen LogP contribution in [0.25, 0.3) is 16.9 Å². The number of aromatic nitrogens is 3. The maximum Gasteiger partial charge on any atom is 0.387 e. The van der Waals surface area contributed by atoms with Crippen molar-refractivity contribution in [1.82, 2.24) is 19.7 Å². The van der Waals surface area contributed by atoms with Gasteiger partial charge in [0.2, 0.25) is 0 Å². The van der Waals surface area contributed by atoms with Gasteiger partial charge in [-0.05, 0) is 74.3 Å². The molecule has 0 atom stereocenters. The van der Waals surface area contributed by atoms with Crippen molar-refractivity contribution in [3.8, 4) is 17.0 Å². The van der Waals surface area contributed by atoms with Gasteiger partial charge < -0.3 is 21.1 Å². The molecule has 0 aliphatic heterocycles. The van der Waals surface area contributed by atoms with E-state index in [1.807, 2.05) is 23.5 Å². The van der Waals surface area contributed by atoms with E-state index >= 15 is 0 Å². The average Bonchev–Trinajstić information content (AvgIpc) is 3.31. The summed E-state index contributed by atoms with van der Waals surface area (Å²) in [4.78, 5) is 21.5. The Morgan fingerprint density at radius 2 is 1.84 bits per heavy atom. The fourth-order valence-corrected chi connectivity index (χ4v) is 4.08. The van der Waals surface area contributed by atoms with Gasteiger partial charge in [0, 0.05) is 35.8 Å². The van der Waals surface area contributed by atoms with Crippen LogP contribution in [0.2, 0.25) is 0 Å². The average molecular weight is 545 g/mol. The third-order valence-corrected chi connectivity index (χ3v) is 5.95. The van der Waals surface area contributed by atoms with Gasteiger partial charge in [0.25, 0.3) is 5.91 Å². The highest BCUT2D eigenvalue weighted by Crippen LogP contribution is 2.27. The topological polar surface area (TPSA) is 107 Å². The van der Waals surface area contributed by atoms with Crippen molar-refractivity contribution in [2.75, 3.05) is 18.4 Å². The zero-order valence-electron chi connectivity index (χ0n) is 21.0. The number of nitrogens with zero attached hydrogens (tertiary/aromatic N) is 3. The summed E-state index contributed by atoms with van der Waals surface area (Å²) in [6.07, 6.45) is 9.19. The van der Waals surface area contributed by atoms with Crippen LogP contribution in [-0.2, 0) is 0 Å². The van der Waals surface area contributed by atoms with Crippen LogP contribution in [0.15, 0.2) is 61.1 Å². The first-order chi connectivity index (χ1) is 18.0. The molecule has 0 radical (unpaired) electrons. The number of unbranched alkanes of at least 4 members (excludes halogenated alkanes) is 3. The molecule has 2 aromatic carbocycles. The zero-order valence-corrected chi connectivity index (χ0v) is 21.8. The number of halogens is 3. The van der Waals surface area contributed by atoms with E-state index in [1.165, 1.54) is 12.1 Å². The minimum atomic E-state index is -2.87. The molecule has 38 heavy (non-hydrogen) atoms. The first-order valence-electron chi connectivity index (χ1n) is 12.2. The molecule has 11 heteroatoms. The van der Waals surface area contributed by atoms with Crippen LogP contribution >= 0.6 is 12.4 Å². The number of nitrogens with two attached hydrogens (primary N) is 1. The normalized spacial score (nSPS) is 10.9. The fraction of sp³-hybridized carbons (Fsp3) is 0.296. The molecule has 0 bridgehead atoms. The maximum absolute atomic E-state index is 12.6. The van der Waals surface area contributed by atoms with Crippen molar-refractivity contribution in [2.24, 2.45) is 5.73 Å². The molecule has 0 fully saturated rings. The third-order valence-electron chi connectivity index (χ3n) is 5.95. The highest BCUT2D eigenvalue weighted by atomic mass is 35.5. The Morgan fingerprint density at radius 1 is 1.08 bits per heavy atom. The molecule has 0 aliphatic rings. The number of carbonyl (C=O) groups excluding carboxylic acids is 1. The number of carbonyl (C=O) groups is 1. The highest BCUT2D eigenvalue weighted by Gasteiger charge is 2.13. The molecule has 0 spiro atoms. The lowest BCUT2D eigenvalue weighted by molar-refractivity contribution is -0.0498. The summed E-state index contributed by atoms with van der Waals surface area (Å²) in [5.41, 5.74) is 9.91. The van der Waals surface area contributed by atoms with Crippen molar-refractivity contribution >= 4 is 35.5 Å². The van der Waals surface area contributed by atoms with Crippen LogP contribution in [0, 0.1) is 6.92 Å². The number of hydrogen-bond donors (Lipinski definition) is 3. The summed E-state index contributed by atoms with van der Waals surface area (Å²) in [5.74, 6) is 0.540. The first-order valence-corrected chi connectivity index (χ1v) is 12.2. The summed E-state index contributed by atoms with van der Waals surface area (Å²) < 4.78 is 31.2. The van der Waals surface area contributed by atoms with E-state index in [-0.39, 0.29) is 24.1 Å². The maximum atomic E-state index is 12.6. The quantitative estimate of drug-likeness (QED) is 0.197. The lowest BCUT2D eigenvalue weighted by atomic mass is 10.1. The van der Waals surface area contributed by atoms with Gasteiger partial charge >= 0.3 is 6.61 Å². The molecule has 4 N–H and O–H groups in total. The monoisotopic (exact) mass is 544 g/mol. The number of nitrogens with one attached hydrogen (secondary N) is 2. The molecular formula is C27H31ClF2N6O2. The van der Waals surface area contributed by atoms with Gasteiger partial charge in [0.15, 0.2) is 11.5 Å². The van der Waals surface area contributed by atoms with E-state index in [4.69, 9.17) is 5.73 Å². The summed E-state index contributed by atoms with van der Waals surface area (Å²) in [6, 6.07) is 11.9. The van der Waals surface area contributed by atoms with Crippen molar-refractivity contribution in [2.45, 2.75) is 39.2 Å². The van der Waals surface area contributed by atoms with Gasteiger partial charge in [-0.25, -0.2) is 9.97 Å². The fourth-order valence-electron chi connectivity index (χ4n) is 4.08. The Kier molecular flexibility index (Phi) is 10.4. The number of anilines is 2. The Hall–Kier alpha value is -3.76. The Bertz CT molecular complexity index is 1350. The van der Waals surface area contributed by atoms with Crippen LogP contribution in [0.5, 0.6) is 5.75 Å². The molecule has 4 rings (SSSR count). The molecule has 0 saturated carbocycles. The lowest BCUT2D eigenvalue weighted by Gasteiger charge is -2.12. The molecule has 202 valence electrons. The van der Waals surface area contributed by atoms with Crippen molar-refractivity contribution in [1.29, 1.82) is 0 Å². The molecule has 2 heterocycles. The molecule has 1 amide bonds. The molecule has 2 aromatic heterocycles. The van der Waals surface area contributed by atoms with Crippen LogP contribution in [-0.4, -0.2) is 40.0 Å². The SMILES string of the molecule is Cc1cc(Nc2nccn3c(-c4ccc(OC(F)F)cc4)cnc23)ccc1C(=O)NCCCCCCN.Cl. The Morgan fingerprint density at radius 3 is 2.55 bits per heavy atom. The second-order valence-electron chi connectivity index (χ2n) is 8.63. The first kappa shape index (κ1) is 28.8. The van der Waals surface area contributed by atoms with Gasteiger partial charge in [-0.3, -0.25) is 9.20 Å². The number of benzene rings is 2. The lowest BCUT2D eigenvalue weighted by Crippen LogP contribution is -2.25. The van der Waals surface area contributed by atoms with Crippen LogP contribution < -0.4 is 21.1 Å². The standard InChI is InChI=1S/C27H30F2N6O2.ClH/c1-18-16-20(8-11-22(18)26(36)32-13-5-3-2-4-12-30)34-24-25-33-17-23(35(25)15-14-31-24)19-6-9-21(10-7-19)37-27(28)29;/h6-11,14-17,27H,2-5,12-13,30H2,1H3,(H,31,34)(H,32,36);1H. The smallest absolute Gasteiger partial charge is 0.387 e. The molecule has 0 unspecified atom stereocenters. The van der Waals surface area contributed by atoms with Crippen LogP contribution in [0.3, 0.4) is 0 Å². The van der Waals surface area contributed by atoms with Crippen molar-refractivity contribution in [3.63, 3.8) is 0 Å². The minimum Gasteiger partial charge on any atom is -0.435 e. The van der Waals surface area contributed by atoms with E-state index in [1.54, 1.807) is 36.8 Å². The highest BCUT2D eigenvalue weighted by molar-refractivity contribution is 5.96. The molecule has 8 nitrogen and oxygen atoms in total. The van der Waals surface area contributed by atoms with Gasteiger partial charge in [0.1, 0.15) is 5.75 Å². The van der Waals surface area contributed by atoms with Gasteiger partial charge in [-0.15, -0.1) is 12.4 Å². The van der Waals surface area contributed by atoms with E-state index in [9.17, 15) is 13.6 Å². The molecule has 4 aromatic rings. The predicted molar refractivity (Wildman–Crippen MR) is 147 cm³/mol. The Balaban J connectivity index is 0.00000400. The summed E-state index contributed by atoms with van der Waals surface area (Å²) in [6.45, 7) is 0.362. The number of amides is 1. The summed E-state index contributed by atoms with van der Waals surface area (Å²) in [5, 5.41) is 6.26. The van der Waals surface area contributed by atoms with E-state index in [2.05, 4.69) is 25.3 Å². The summed E-state index contributed by atoms with van der Waals surface area (Å²) >= 11 is 0. The molecular weight excluding hydrogens is 514 g/mol. The number of ether oxygens (including phenoxy) is 1. The Labute approximate surface area is 226 Å². The molecule has 0 aliphatic carbocycles. The second kappa shape index (κ2) is 13.7. The number of hydrogen-bond acceptors (Lipinski definition) is 6. The van der Waals surface area contributed by atoms with E-state index in [0.717, 1.165) is 48.2 Å². The van der Waals surface area contributed by atoms with Gasteiger partial charge in [-0.1, -0.05) is 12.8 Å². The number of rotatable bonds is 12. The third kappa shape index (κ3) is 7.17. The largest absolute Gasteiger partial charge is 0.435 e. The molecule has 0 saturated heterocycles. The summed E-state index contributed by atoms with van der Waals surface area (Å²) in [7, 11) is 0. The predicted octanol–water partition coefficient (Wildman–Crippen LogP) is 5.72. The van der Waals surface area contributed by atoms with Crippen molar-refractivity contribution in [3.05, 3.63) is 72.2 Å². The van der Waals surface area contributed by atoms with Gasteiger partial charge in [-0.2, -0.15) is 8.78 Å². The van der Waals surface area contributed by atoms with Gasteiger partial charge in [0.05, 0.1) is 11.9 Å². The van der Waals surface area contributed by atoms with Crippen molar-refractivity contribution < 1.29 is 18.3 Å².